The van der Waals surface area contributed by atoms with E-state index in [4.69, 9.17) is 0 Å². The SMILES string of the molecule is CC1(C)c2ccccc2-c2cc(-c3c4ccccc4c(-c4ccc5c6c(cccc46)-c4ccccc4-5)c4ccc(-c5ccccc5)cc34)ccc21. The summed E-state index contributed by atoms with van der Waals surface area (Å²) in [6.07, 6.45) is 0. The van der Waals surface area contributed by atoms with Crippen molar-refractivity contribution < 1.29 is 0 Å². The van der Waals surface area contributed by atoms with Crippen LogP contribution in [0, 0.1) is 0 Å². The summed E-state index contributed by atoms with van der Waals surface area (Å²) in [5, 5.41) is 7.79. The molecule has 0 nitrogen and oxygen atoms in total. The molecule has 0 saturated carbocycles. The molecular weight excluding hydrogens is 613 g/mol. The van der Waals surface area contributed by atoms with E-state index >= 15 is 0 Å². The molecule has 0 bridgehead atoms. The van der Waals surface area contributed by atoms with E-state index in [-0.39, 0.29) is 5.41 Å². The van der Waals surface area contributed by atoms with Crippen molar-refractivity contribution in [1.29, 1.82) is 0 Å². The molecule has 11 rings (SSSR count). The largest absolute Gasteiger partial charge is 0.0622 e. The van der Waals surface area contributed by atoms with Gasteiger partial charge in [-0.3, -0.25) is 0 Å². The van der Waals surface area contributed by atoms with Crippen LogP contribution in [0.5, 0.6) is 0 Å². The smallest absolute Gasteiger partial charge is 0.0158 e. The predicted octanol–water partition coefficient (Wildman–Crippen LogP) is 14.1. The van der Waals surface area contributed by atoms with Gasteiger partial charge < -0.3 is 0 Å². The molecule has 0 atom stereocenters. The van der Waals surface area contributed by atoms with Crippen molar-refractivity contribution in [2.45, 2.75) is 19.3 Å². The van der Waals surface area contributed by atoms with E-state index in [0.717, 1.165) is 0 Å². The fourth-order valence-corrected chi connectivity index (χ4v) is 9.49. The van der Waals surface area contributed by atoms with Crippen LogP contribution in [-0.2, 0) is 5.41 Å². The minimum absolute atomic E-state index is 0.0334. The first-order valence-electron chi connectivity index (χ1n) is 18.0. The highest BCUT2D eigenvalue weighted by molar-refractivity contribution is 6.26. The molecule has 0 aromatic heterocycles. The Labute approximate surface area is 298 Å². The topological polar surface area (TPSA) is 0 Å². The zero-order valence-electron chi connectivity index (χ0n) is 28.7. The minimum Gasteiger partial charge on any atom is -0.0622 e. The molecule has 0 fully saturated rings. The molecule has 0 saturated heterocycles. The standard InChI is InChI=1S/C51H34/c1-51(2)46-22-11-10-17-36(46)44-30-33(24-28-47(44)51)48-38-18-8-9-19-39(38)50(43-25-23-32(29-45(43)48)31-13-4-3-5-14-31)42-27-26-41-35-16-7-6-15-34(35)37-20-12-21-40(42)49(37)41/h3-30H,1-2H3. The summed E-state index contributed by atoms with van der Waals surface area (Å²) < 4.78 is 0. The van der Waals surface area contributed by atoms with Gasteiger partial charge in [-0.25, -0.2) is 0 Å². The Bertz CT molecular complexity index is 2890. The molecule has 0 N–H and O–H groups in total. The fourth-order valence-electron chi connectivity index (χ4n) is 9.49. The lowest BCUT2D eigenvalue weighted by Gasteiger charge is -2.22. The van der Waals surface area contributed by atoms with Crippen LogP contribution in [-0.4, -0.2) is 0 Å². The van der Waals surface area contributed by atoms with Gasteiger partial charge in [-0.05, 0) is 122 Å². The molecule has 0 amide bonds. The van der Waals surface area contributed by atoms with E-state index in [9.17, 15) is 0 Å². The average Bonchev–Trinajstić information content (AvgIpc) is 3.63. The lowest BCUT2D eigenvalue weighted by molar-refractivity contribution is 0.660. The second-order valence-electron chi connectivity index (χ2n) is 14.8. The van der Waals surface area contributed by atoms with Crippen LogP contribution >= 0.6 is 0 Å². The maximum atomic E-state index is 2.47. The Kier molecular flexibility index (Phi) is 5.82. The van der Waals surface area contributed by atoms with E-state index in [1.165, 1.54) is 110 Å². The van der Waals surface area contributed by atoms with Gasteiger partial charge in [-0.15, -0.1) is 0 Å². The van der Waals surface area contributed by atoms with Crippen molar-refractivity contribution in [3.05, 3.63) is 181 Å². The van der Waals surface area contributed by atoms with Gasteiger partial charge in [-0.1, -0.05) is 172 Å². The third kappa shape index (κ3) is 3.91. The first-order chi connectivity index (χ1) is 25.1. The quantitative estimate of drug-likeness (QED) is 0.168. The first kappa shape index (κ1) is 28.6. The molecule has 238 valence electrons. The van der Waals surface area contributed by atoms with E-state index in [2.05, 4.69) is 184 Å². The third-order valence-corrected chi connectivity index (χ3v) is 11.8. The van der Waals surface area contributed by atoms with Crippen LogP contribution in [0.1, 0.15) is 25.0 Å². The van der Waals surface area contributed by atoms with E-state index < -0.39 is 0 Å². The summed E-state index contributed by atoms with van der Waals surface area (Å²) in [5.41, 5.74) is 18.4. The maximum absolute atomic E-state index is 2.47. The molecule has 9 aromatic rings. The Morgan fingerprint density at radius 1 is 0.294 bits per heavy atom. The highest BCUT2D eigenvalue weighted by Crippen LogP contribution is 2.54. The van der Waals surface area contributed by atoms with E-state index in [0.29, 0.717) is 0 Å². The minimum atomic E-state index is -0.0334. The monoisotopic (exact) mass is 646 g/mol. The number of hydrogen-bond donors (Lipinski definition) is 0. The Hall–Kier alpha value is -6.24. The van der Waals surface area contributed by atoms with Gasteiger partial charge in [0.1, 0.15) is 0 Å². The van der Waals surface area contributed by atoms with Gasteiger partial charge in [0, 0.05) is 5.41 Å². The number of benzene rings is 9. The lowest BCUT2D eigenvalue weighted by Crippen LogP contribution is -2.14. The molecule has 2 aliphatic carbocycles. The van der Waals surface area contributed by atoms with Gasteiger partial charge in [0.15, 0.2) is 0 Å². The molecule has 0 aliphatic heterocycles. The molecule has 9 aromatic carbocycles. The van der Waals surface area contributed by atoms with Gasteiger partial charge in [0.2, 0.25) is 0 Å². The second kappa shape index (κ2) is 10.4. The van der Waals surface area contributed by atoms with Crippen molar-refractivity contribution in [3.8, 4) is 66.8 Å². The Morgan fingerprint density at radius 2 is 0.863 bits per heavy atom. The van der Waals surface area contributed by atoms with Gasteiger partial charge in [-0.2, -0.15) is 0 Å². The Morgan fingerprint density at radius 3 is 1.67 bits per heavy atom. The molecule has 0 heteroatoms. The molecule has 0 heterocycles. The molecule has 0 radical (unpaired) electrons. The maximum Gasteiger partial charge on any atom is 0.0158 e. The molecule has 0 spiro atoms. The summed E-state index contributed by atoms with van der Waals surface area (Å²) in [5.74, 6) is 0. The van der Waals surface area contributed by atoms with E-state index in [1.54, 1.807) is 0 Å². The number of rotatable bonds is 3. The third-order valence-electron chi connectivity index (χ3n) is 11.8. The van der Waals surface area contributed by atoms with Crippen LogP contribution in [0.15, 0.2) is 170 Å². The van der Waals surface area contributed by atoms with Crippen LogP contribution in [0.3, 0.4) is 0 Å². The highest BCUT2D eigenvalue weighted by atomic mass is 14.4. The predicted molar refractivity (Wildman–Crippen MR) is 217 cm³/mol. The summed E-state index contributed by atoms with van der Waals surface area (Å²) in [6, 6.07) is 63.7. The van der Waals surface area contributed by atoms with Crippen LogP contribution in [0.2, 0.25) is 0 Å². The van der Waals surface area contributed by atoms with Gasteiger partial charge in [0.25, 0.3) is 0 Å². The molecule has 51 heavy (non-hydrogen) atoms. The van der Waals surface area contributed by atoms with Crippen LogP contribution < -0.4 is 0 Å². The summed E-state index contributed by atoms with van der Waals surface area (Å²) in [7, 11) is 0. The Balaban J connectivity index is 1.25. The average molecular weight is 647 g/mol. The van der Waals surface area contributed by atoms with Crippen molar-refractivity contribution in [1.82, 2.24) is 0 Å². The summed E-state index contributed by atoms with van der Waals surface area (Å²) in [6.45, 7) is 4.72. The zero-order valence-corrected chi connectivity index (χ0v) is 28.7. The summed E-state index contributed by atoms with van der Waals surface area (Å²) >= 11 is 0. The van der Waals surface area contributed by atoms with Crippen molar-refractivity contribution in [2.75, 3.05) is 0 Å². The highest BCUT2D eigenvalue weighted by Gasteiger charge is 2.35. The molecule has 0 unspecified atom stereocenters. The van der Waals surface area contributed by atoms with Crippen molar-refractivity contribution in [3.63, 3.8) is 0 Å². The fraction of sp³-hybridized carbons (Fsp3) is 0.0588. The van der Waals surface area contributed by atoms with Crippen molar-refractivity contribution in [2.24, 2.45) is 0 Å². The van der Waals surface area contributed by atoms with Crippen molar-refractivity contribution >= 4 is 32.3 Å². The molecular formula is C51H34. The van der Waals surface area contributed by atoms with Gasteiger partial charge >= 0.3 is 0 Å². The second-order valence-corrected chi connectivity index (χ2v) is 14.8. The van der Waals surface area contributed by atoms with Crippen LogP contribution in [0.4, 0.5) is 0 Å². The lowest BCUT2D eigenvalue weighted by atomic mass is 9.81. The normalized spacial score (nSPS) is 13.5. The zero-order chi connectivity index (χ0) is 33.8. The van der Waals surface area contributed by atoms with E-state index in [1.807, 2.05) is 0 Å². The summed E-state index contributed by atoms with van der Waals surface area (Å²) in [4.78, 5) is 0. The number of fused-ring (bicyclic) bond motifs is 8. The number of hydrogen-bond acceptors (Lipinski definition) is 0. The van der Waals surface area contributed by atoms with Crippen LogP contribution in [0.25, 0.3) is 99.1 Å². The van der Waals surface area contributed by atoms with Gasteiger partial charge in [0.05, 0.1) is 0 Å². The first-order valence-corrected chi connectivity index (χ1v) is 18.0. The molecule has 2 aliphatic rings.